The fourth-order valence-electron chi connectivity index (χ4n) is 3.45. The Balaban J connectivity index is 1.40. The van der Waals surface area contributed by atoms with Crippen molar-refractivity contribution in [2.45, 2.75) is 0 Å². The van der Waals surface area contributed by atoms with E-state index in [9.17, 15) is 13.6 Å². The highest BCUT2D eigenvalue weighted by molar-refractivity contribution is 5.94. The highest BCUT2D eigenvalue weighted by Gasteiger charge is 2.25. The van der Waals surface area contributed by atoms with Gasteiger partial charge in [-0.15, -0.1) is 0 Å². The van der Waals surface area contributed by atoms with Crippen molar-refractivity contribution in [2.75, 3.05) is 62.3 Å². The molecule has 0 bridgehead atoms. The second-order valence-electron chi connectivity index (χ2n) is 6.74. The number of rotatable bonds is 3. The lowest BCUT2D eigenvalue weighted by molar-refractivity contribution is 0.0741. The fourth-order valence-corrected chi connectivity index (χ4v) is 3.45. The van der Waals surface area contributed by atoms with Gasteiger partial charge >= 0.3 is 0 Å². The zero-order valence-corrected chi connectivity index (χ0v) is 15.4. The Morgan fingerprint density at radius 2 is 1.54 bits per heavy atom. The molecule has 0 radical (unpaired) electrons. The molecule has 1 amide bonds. The molecule has 1 aromatic carbocycles. The van der Waals surface area contributed by atoms with Gasteiger partial charge in [0.05, 0.1) is 18.8 Å². The lowest BCUT2D eigenvalue weighted by Crippen LogP contribution is -2.49. The maximum atomic E-state index is 13.9. The zero-order valence-electron chi connectivity index (χ0n) is 15.4. The van der Waals surface area contributed by atoms with E-state index in [4.69, 9.17) is 4.74 Å². The van der Waals surface area contributed by atoms with Crippen LogP contribution >= 0.6 is 0 Å². The van der Waals surface area contributed by atoms with Gasteiger partial charge in [0.2, 0.25) is 0 Å². The number of carbonyl (C=O) groups is 1. The predicted octanol–water partition coefficient (Wildman–Crippen LogP) is 1.55. The molecule has 9 heteroatoms. The van der Waals surface area contributed by atoms with Crippen LogP contribution in [0.2, 0.25) is 0 Å². The minimum absolute atomic E-state index is 0.105. The number of nitrogens with zero attached hydrogens (tertiary/aromatic N) is 5. The molecule has 0 unspecified atom stereocenters. The van der Waals surface area contributed by atoms with Gasteiger partial charge in [-0.2, -0.15) is 0 Å². The van der Waals surface area contributed by atoms with Gasteiger partial charge in [-0.05, 0) is 12.1 Å². The Morgan fingerprint density at radius 3 is 2.18 bits per heavy atom. The molecular formula is C19H21F2N5O2. The molecule has 0 spiro atoms. The minimum atomic E-state index is -0.835. The van der Waals surface area contributed by atoms with Gasteiger partial charge in [0, 0.05) is 51.4 Å². The Labute approximate surface area is 161 Å². The average molecular weight is 389 g/mol. The third-order valence-corrected chi connectivity index (χ3v) is 5.03. The van der Waals surface area contributed by atoms with Crippen LogP contribution in [0.4, 0.5) is 20.4 Å². The van der Waals surface area contributed by atoms with Crippen molar-refractivity contribution in [3.63, 3.8) is 0 Å². The summed E-state index contributed by atoms with van der Waals surface area (Å²) in [6, 6.07) is 4.97. The van der Waals surface area contributed by atoms with Crippen LogP contribution in [0.3, 0.4) is 0 Å². The number of aromatic nitrogens is 2. The van der Waals surface area contributed by atoms with Crippen molar-refractivity contribution in [1.29, 1.82) is 0 Å². The Bertz CT molecular complexity index is 852. The van der Waals surface area contributed by atoms with Gasteiger partial charge in [0.25, 0.3) is 5.91 Å². The number of amides is 1. The van der Waals surface area contributed by atoms with E-state index < -0.39 is 17.5 Å². The van der Waals surface area contributed by atoms with Gasteiger partial charge in [-0.1, -0.05) is 0 Å². The number of ether oxygens (including phenoxy) is 1. The first-order valence-corrected chi connectivity index (χ1v) is 9.26. The highest BCUT2D eigenvalue weighted by atomic mass is 19.1. The molecular weight excluding hydrogens is 368 g/mol. The van der Waals surface area contributed by atoms with Crippen LogP contribution in [-0.4, -0.2) is 73.3 Å². The lowest BCUT2D eigenvalue weighted by atomic mass is 10.1. The summed E-state index contributed by atoms with van der Waals surface area (Å²) >= 11 is 0. The summed E-state index contributed by atoms with van der Waals surface area (Å²) in [7, 11) is 0. The maximum absolute atomic E-state index is 13.9. The second-order valence-corrected chi connectivity index (χ2v) is 6.74. The summed E-state index contributed by atoms with van der Waals surface area (Å²) in [5, 5.41) is 0. The highest BCUT2D eigenvalue weighted by Crippen LogP contribution is 2.21. The molecule has 0 saturated carbocycles. The van der Waals surface area contributed by atoms with Crippen LogP contribution in [0.25, 0.3) is 0 Å². The van der Waals surface area contributed by atoms with E-state index >= 15 is 0 Å². The number of morpholine rings is 1. The summed E-state index contributed by atoms with van der Waals surface area (Å²) in [5.74, 6) is -0.289. The van der Waals surface area contributed by atoms with E-state index in [0.29, 0.717) is 39.4 Å². The topological polar surface area (TPSA) is 61.8 Å². The molecule has 2 saturated heterocycles. The van der Waals surface area contributed by atoms with E-state index in [1.54, 1.807) is 11.2 Å². The summed E-state index contributed by atoms with van der Waals surface area (Å²) in [6.07, 6.45) is 1.55. The van der Waals surface area contributed by atoms with Crippen molar-refractivity contribution in [3.05, 3.63) is 47.8 Å². The SMILES string of the molecule is O=C(c1ccc(F)cc1F)N1CCN(c2cc(N3CCOCC3)ncn2)CC1. The molecule has 2 aliphatic heterocycles. The number of hydrogen-bond acceptors (Lipinski definition) is 6. The molecule has 0 atom stereocenters. The van der Waals surface area contributed by atoms with E-state index in [-0.39, 0.29) is 5.56 Å². The van der Waals surface area contributed by atoms with E-state index in [1.807, 2.05) is 6.07 Å². The van der Waals surface area contributed by atoms with Gasteiger partial charge in [0.1, 0.15) is 29.6 Å². The maximum Gasteiger partial charge on any atom is 0.256 e. The standard InChI is InChI=1S/C19H21F2N5O2/c20-14-1-2-15(16(21)11-14)19(27)26-5-3-24(4-6-26)17-12-18(23-13-22-17)25-7-9-28-10-8-25/h1-2,11-13H,3-10H2. The van der Waals surface area contributed by atoms with Crippen molar-refractivity contribution in [1.82, 2.24) is 14.9 Å². The number of carbonyl (C=O) groups excluding carboxylic acids is 1. The molecule has 0 aliphatic carbocycles. The Morgan fingerprint density at radius 1 is 0.893 bits per heavy atom. The van der Waals surface area contributed by atoms with Crippen LogP contribution in [0.1, 0.15) is 10.4 Å². The van der Waals surface area contributed by atoms with Gasteiger partial charge in [-0.3, -0.25) is 4.79 Å². The number of hydrogen-bond donors (Lipinski definition) is 0. The first-order valence-electron chi connectivity index (χ1n) is 9.26. The number of benzene rings is 1. The average Bonchev–Trinajstić information content (AvgIpc) is 2.74. The molecule has 2 aliphatic rings. The molecule has 0 N–H and O–H groups in total. The second kappa shape index (κ2) is 8.05. The molecule has 28 heavy (non-hydrogen) atoms. The van der Waals surface area contributed by atoms with Crippen LogP contribution in [0.5, 0.6) is 0 Å². The van der Waals surface area contributed by atoms with Gasteiger partial charge in [-0.25, -0.2) is 18.7 Å². The molecule has 2 aromatic rings. The molecule has 4 rings (SSSR count). The third kappa shape index (κ3) is 3.89. The smallest absolute Gasteiger partial charge is 0.256 e. The molecule has 7 nitrogen and oxygen atoms in total. The summed E-state index contributed by atoms with van der Waals surface area (Å²) in [4.78, 5) is 27.1. The van der Waals surface area contributed by atoms with E-state index in [0.717, 1.165) is 36.9 Å². The Kier molecular flexibility index (Phi) is 5.34. The normalized spacial score (nSPS) is 17.7. The van der Waals surface area contributed by atoms with Crippen LogP contribution < -0.4 is 9.80 Å². The monoisotopic (exact) mass is 389 g/mol. The van der Waals surface area contributed by atoms with Crippen molar-refractivity contribution in [2.24, 2.45) is 0 Å². The minimum Gasteiger partial charge on any atom is -0.378 e. The number of halogens is 2. The molecule has 1 aromatic heterocycles. The van der Waals surface area contributed by atoms with Crippen molar-refractivity contribution >= 4 is 17.5 Å². The van der Waals surface area contributed by atoms with E-state index in [1.165, 1.54) is 6.07 Å². The molecule has 3 heterocycles. The quantitative estimate of drug-likeness (QED) is 0.794. The third-order valence-electron chi connectivity index (χ3n) is 5.03. The van der Waals surface area contributed by atoms with Crippen LogP contribution in [0, 0.1) is 11.6 Å². The molecule has 148 valence electrons. The van der Waals surface area contributed by atoms with Crippen LogP contribution in [0.15, 0.2) is 30.6 Å². The first kappa shape index (κ1) is 18.5. The lowest BCUT2D eigenvalue weighted by Gasteiger charge is -2.36. The number of piperazine rings is 1. The molecule has 2 fully saturated rings. The van der Waals surface area contributed by atoms with Crippen molar-refractivity contribution in [3.8, 4) is 0 Å². The first-order chi connectivity index (χ1) is 13.6. The van der Waals surface area contributed by atoms with E-state index in [2.05, 4.69) is 19.8 Å². The summed E-state index contributed by atoms with van der Waals surface area (Å²) in [6.45, 7) is 4.98. The van der Waals surface area contributed by atoms with Crippen molar-refractivity contribution < 1.29 is 18.3 Å². The van der Waals surface area contributed by atoms with Gasteiger partial charge < -0.3 is 19.4 Å². The van der Waals surface area contributed by atoms with Crippen LogP contribution in [-0.2, 0) is 4.74 Å². The number of anilines is 2. The van der Waals surface area contributed by atoms with Gasteiger partial charge in [0.15, 0.2) is 0 Å². The largest absolute Gasteiger partial charge is 0.378 e. The Hall–Kier alpha value is -2.81. The predicted molar refractivity (Wildman–Crippen MR) is 99.5 cm³/mol. The fraction of sp³-hybridized carbons (Fsp3) is 0.421. The summed E-state index contributed by atoms with van der Waals surface area (Å²) in [5.41, 5.74) is -0.105. The zero-order chi connectivity index (χ0) is 19.5. The summed E-state index contributed by atoms with van der Waals surface area (Å²) < 4.78 is 32.3.